The highest BCUT2D eigenvalue weighted by Gasteiger charge is 2.32. The number of ether oxygens (including phenoxy) is 1. The number of hydrogen-bond acceptors (Lipinski definition) is 3. The minimum Gasteiger partial charge on any atom is -0.481 e. The number of amides is 1. The van der Waals surface area contributed by atoms with E-state index in [9.17, 15) is 9.59 Å². The van der Waals surface area contributed by atoms with Gasteiger partial charge in [-0.3, -0.25) is 9.59 Å². The maximum atomic E-state index is 12.6. The van der Waals surface area contributed by atoms with Crippen LogP contribution >= 0.6 is 0 Å². The number of rotatable bonds is 5. The second kappa shape index (κ2) is 7.29. The van der Waals surface area contributed by atoms with Crippen molar-refractivity contribution in [2.45, 2.75) is 39.2 Å². The first-order chi connectivity index (χ1) is 10.5. The molecule has 5 heteroatoms. The number of carboxylic acid groups (broad SMARTS) is 1. The van der Waals surface area contributed by atoms with Crippen molar-refractivity contribution in [3.63, 3.8) is 0 Å². The lowest BCUT2D eigenvalue weighted by atomic mass is 9.97. The Morgan fingerprint density at radius 2 is 2.23 bits per heavy atom. The maximum absolute atomic E-state index is 12.6. The summed E-state index contributed by atoms with van der Waals surface area (Å²) in [6, 6.07) is 7.59. The highest BCUT2D eigenvalue weighted by Crippen LogP contribution is 2.20. The second-order valence-corrected chi connectivity index (χ2v) is 5.79. The summed E-state index contributed by atoms with van der Waals surface area (Å²) in [7, 11) is 0. The van der Waals surface area contributed by atoms with E-state index in [0.717, 1.165) is 12.0 Å². The topological polar surface area (TPSA) is 66.8 Å². The molecule has 1 aliphatic heterocycles. The monoisotopic (exact) mass is 305 g/mol. The zero-order chi connectivity index (χ0) is 16.1. The Balaban J connectivity index is 2.03. The molecule has 1 aromatic rings. The molecule has 0 radical (unpaired) electrons. The molecule has 1 heterocycles. The number of likely N-dealkylation sites (tertiary alicyclic amines) is 1. The van der Waals surface area contributed by atoms with Gasteiger partial charge in [-0.2, -0.15) is 0 Å². The van der Waals surface area contributed by atoms with E-state index in [1.54, 1.807) is 4.90 Å². The van der Waals surface area contributed by atoms with Crippen LogP contribution in [0.1, 0.15) is 31.7 Å². The molecule has 2 atom stereocenters. The van der Waals surface area contributed by atoms with Crippen molar-refractivity contribution in [3.8, 4) is 5.75 Å². The summed E-state index contributed by atoms with van der Waals surface area (Å²) in [6.07, 6.45) is 1.36. The van der Waals surface area contributed by atoms with E-state index < -0.39 is 18.0 Å². The van der Waals surface area contributed by atoms with Crippen molar-refractivity contribution in [2.75, 3.05) is 13.1 Å². The first-order valence-corrected chi connectivity index (χ1v) is 7.76. The van der Waals surface area contributed by atoms with Gasteiger partial charge in [0.2, 0.25) is 0 Å². The zero-order valence-corrected chi connectivity index (χ0v) is 13.1. The summed E-state index contributed by atoms with van der Waals surface area (Å²) in [5.74, 6) is -0.735. The maximum Gasteiger partial charge on any atom is 0.308 e. The molecular weight excluding hydrogens is 282 g/mol. The van der Waals surface area contributed by atoms with Gasteiger partial charge in [-0.1, -0.05) is 19.1 Å². The Hall–Kier alpha value is -2.04. The number of aliphatic carboxylic acids is 1. The number of piperidine rings is 1. The second-order valence-electron chi connectivity index (χ2n) is 5.79. The Kier molecular flexibility index (Phi) is 5.41. The van der Waals surface area contributed by atoms with Crippen LogP contribution in [0.2, 0.25) is 0 Å². The number of aryl methyl sites for hydroxylation is 1. The molecule has 120 valence electrons. The van der Waals surface area contributed by atoms with Gasteiger partial charge in [-0.25, -0.2) is 0 Å². The average molecular weight is 305 g/mol. The molecule has 1 saturated heterocycles. The highest BCUT2D eigenvalue weighted by atomic mass is 16.5. The van der Waals surface area contributed by atoms with Crippen molar-refractivity contribution in [2.24, 2.45) is 5.92 Å². The SMILES string of the molecule is CCC(Oc1cccc(C)c1)C(=O)N1CCC[C@H](C(=O)O)C1. The molecule has 1 fully saturated rings. The van der Waals surface area contributed by atoms with Gasteiger partial charge in [0.15, 0.2) is 6.10 Å². The van der Waals surface area contributed by atoms with Gasteiger partial charge in [-0.05, 0) is 43.9 Å². The number of carboxylic acids is 1. The molecule has 0 saturated carbocycles. The molecule has 5 nitrogen and oxygen atoms in total. The molecule has 1 aromatic carbocycles. The standard InChI is InChI=1S/C17H23NO4/c1-3-15(22-14-8-4-6-12(2)10-14)16(19)18-9-5-7-13(11-18)17(20)21/h4,6,8,10,13,15H,3,5,7,9,11H2,1-2H3,(H,20,21)/t13-,15?/m0/s1. The van der Waals surface area contributed by atoms with Gasteiger partial charge in [0.25, 0.3) is 5.91 Å². The summed E-state index contributed by atoms with van der Waals surface area (Å²) in [5, 5.41) is 9.13. The third-order valence-electron chi connectivity index (χ3n) is 4.00. The Labute approximate surface area is 130 Å². The lowest BCUT2D eigenvalue weighted by Crippen LogP contribution is -2.48. The molecule has 22 heavy (non-hydrogen) atoms. The third kappa shape index (κ3) is 4.00. The van der Waals surface area contributed by atoms with E-state index in [0.29, 0.717) is 25.1 Å². The smallest absolute Gasteiger partial charge is 0.308 e. The van der Waals surface area contributed by atoms with Crippen LogP contribution < -0.4 is 4.74 Å². The fourth-order valence-corrected chi connectivity index (χ4v) is 2.74. The van der Waals surface area contributed by atoms with Crippen molar-refractivity contribution in [1.29, 1.82) is 0 Å². The van der Waals surface area contributed by atoms with Gasteiger partial charge in [0, 0.05) is 13.1 Å². The molecule has 1 amide bonds. The number of carbonyl (C=O) groups is 2. The number of hydrogen-bond donors (Lipinski definition) is 1. The fourth-order valence-electron chi connectivity index (χ4n) is 2.74. The molecule has 1 unspecified atom stereocenters. The van der Waals surface area contributed by atoms with Crippen LogP contribution in [0.4, 0.5) is 0 Å². The third-order valence-corrected chi connectivity index (χ3v) is 4.00. The summed E-state index contributed by atoms with van der Waals surface area (Å²) >= 11 is 0. The number of nitrogens with zero attached hydrogens (tertiary/aromatic N) is 1. The molecule has 1 N–H and O–H groups in total. The minimum absolute atomic E-state index is 0.116. The number of carbonyl (C=O) groups excluding carboxylic acids is 1. The summed E-state index contributed by atoms with van der Waals surface area (Å²) in [5.41, 5.74) is 1.07. The molecular formula is C17H23NO4. The van der Waals surface area contributed by atoms with Crippen LogP contribution in [0, 0.1) is 12.8 Å². The quantitative estimate of drug-likeness (QED) is 0.907. The van der Waals surface area contributed by atoms with Gasteiger partial charge < -0.3 is 14.7 Å². The Bertz CT molecular complexity index is 543. The molecule has 0 spiro atoms. The summed E-state index contributed by atoms with van der Waals surface area (Å²) in [6.45, 7) is 4.76. The van der Waals surface area contributed by atoms with E-state index in [4.69, 9.17) is 9.84 Å². The summed E-state index contributed by atoms with van der Waals surface area (Å²) < 4.78 is 5.82. The minimum atomic E-state index is -0.829. The molecule has 2 rings (SSSR count). The van der Waals surface area contributed by atoms with Crippen LogP contribution in [-0.2, 0) is 9.59 Å². The van der Waals surface area contributed by atoms with Crippen molar-refractivity contribution < 1.29 is 19.4 Å². The van der Waals surface area contributed by atoms with E-state index in [-0.39, 0.29) is 12.5 Å². The van der Waals surface area contributed by atoms with E-state index in [2.05, 4.69) is 0 Å². The molecule has 0 bridgehead atoms. The first-order valence-electron chi connectivity index (χ1n) is 7.76. The predicted octanol–water partition coefficient (Wildman–Crippen LogP) is 2.48. The molecule has 1 aliphatic rings. The van der Waals surface area contributed by atoms with E-state index >= 15 is 0 Å². The van der Waals surface area contributed by atoms with Gasteiger partial charge in [0.1, 0.15) is 5.75 Å². The average Bonchev–Trinajstić information content (AvgIpc) is 2.52. The van der Waals surface area contributed by atoms with Crippen molar-refractivity contribution >= 4 is 11.9 Å². The predicted molar refractivity (Wildman–Crippen MR) is 82.8 cm³/mol. The Morgan fingerprint density at radius 1 is 1.45 bits per heavy atom. The largest absolute Gasteiger partial charge is 0.481 e. The molecule has 0 aliphatic carbocycles. The van der Waals surface area contributed by atoms with Crippen LogP contribution in [0.25, 0.3) is 0 Å². The van der Waals surface area contributed by atoms with Crippen molar-refractivity contribution in [3.05, 3.63) is 29.8 Å². The van der Waals surface area contributed by atoms with Gasteiger partial charge in [0.05, 0.1) is 5.92 Å². The lowest BCUT2D eigenvalue weighted by molar-refractivity contribution is -0.148. The van der Waals surface area contributed by atoms with E-state index in [1.165, 1.54) is 0 Å². The zero-order valence-electron chi connectivity index (χ0n) is 13.1. The normalized spacial score (nSPS) is 19.5. The van der Waals surface area contributed by atoms with Gasteiger partial charge >= 0.3 is 5.97 Å². The van der Waals surface area contributed by atoms with Gasteiger partial charge in [-0.15, -0.1) is 0 Å². The first kappa shape index (κ1) is 16.3. The number of benzene rings is 1. The highest BCUT2D eigenvalue weighted by molar-refractivity contribution is 5.82. The van der Waals surface area contributed by atoms with Crippen molar-refractivity contribution in [1.82, 2.24) is 4.90 Å². The van der Waals surface area contributed by atoms with E-state index in [1.807, 2.05) is 38.1 Å². The fraction of sp³-hybridized carbons (Fsp3) is 0.529. The van der Waals surface area contributed by atoms with Crippen LogP contribution in [-0.4, -0.2) is 41.1 Å². The molecule has 0 aromatic heterocycles. The van der Waals surface area contributed by atoms with Crippen LogP contribution in [0.3, 0.4) is 0 Å². The lowest BCUT2D eigenvalue weighted by Gasteiger charge is -2.33. The van der Waals surface area contributed by atoms with Crippen LogP contribution in [0.5, 0.6) is 5.75 Å². The van der Waals surface area contributed by atoms with Crippen LogP contribution in [0.15, 0.2) is 24.3 Å². The summed E-state index contributed by atoms with van der Waals surface area (Å²) in [4.78, 5) is 25.3. The Morgan fingerprint density at radius 3 is 2.86 bits per heavy atom.